The Balaban J connectivity index is 4.08. The normalized spacial score (nSPS) is 14.5. The maximum Gasteiger partial charge on any atom is 0.395 e. The van der Waals surface area contributed by atoms with Gasteiger partial charge in [0.2, 0.25) is 0 Å². The SMILES string of the molecule is C=CCCC[Si](C)(OCC)OC(=C)C. The van der Waals surface area contributed by atoms with Gasteiger partial charge in [-0.2, -0.15) is 0 Å². The smallest absolute Gasteiger partial charge is 0.395 e. The van der Waals surface area contributed by atoms with Crippen LogP contribution in [-0.4, -0.2) is 15.2 Å². The van der Waals surface area contributed by atoms with E-state index in [1.54, 1.807) is 0 Å². The highest BCUT2D eigenvalue weighted by Crippen LogP contribution is 2.19. The van der Waals surface area contributed by atoms with Gasteiger partial charge in [0.1, 0.15) is 0 Å². The van der Waals surface area contributed by atoms with Gasteiger partial charge in [0, 0.05) is 12.7 Å². The van der Waals surface area contributed by atoms with Crippen molar-refractivity contribution in [1.29, 1.82) is 0 Å². The molecule has 0 aromatic rings. The van der Waals surface area contributed by atoms with Gasteiger partial charge < -0.3 is 8.85 Å². The summed E-state index contributed by atoms with van der Waals surface area (Å²) in [5.74, 6) is 0.756. The minimum atomic E-state index is -2.00. The van der Waals surface area contributed by atoms with Crippen molar-refractivity contribution in [1.82, 2.24) is 0 Å². The van der Waals surface area contributed by atoms with Crippen LogP contribution in [0.5, 0.6) is 0 Å². The van der Waals surface area contributed by atoms with Crippen LogP contribution in [0.4, 0.5) is 0 Å². The minimum absolute atomic E-state index is 0.712. The molecule has 0 spiro atoms. The zero-order valence-corrected chi connectivity index (χ0v) is 10.6. The molecule has 14 heavy (non-hydrogen) atoms. The number of allylic oxidation sites excluding steroid dienone is 2. The molecule has 0 aromatic heterocycles. The molecule has 1 unspecified atom stereocenters. The minimum Gasteiger partial charge on any atom is -0.525 e. The Morgan fingerprint density at radius 1 is 1.50 bits per heavy atom. The summed E-state index contributed by atoms with van der Waals surface area (Å²) in [6.07, 6.45) is 4.04. The van der Waals surface area contributed by atoms with Crippen LogP contribution < -0.4 is 0 Å². The molecule has 0 N–H and O–H groups in total. The second kappa shape index (κ2) is 6.84. The van der Waals surface area contributed by atoms with Crippen LogP contribution in [0.1, 0.15) is 26.7 Å². The van der Waals surface area contributed by atoms with Gasteiger partial charge in [0.25, 0.3) is 0 Å². The van der Waals surface area contributed by atoms with Gasteiger partial charge in [-0.05, 0) is 33.2 Å². The lowest BCUT2D eigenvalue weighted by atomic mass is 10.3. The van der Waals surface area contributed by atoms with Gasteiger partial charge >= 0.3 is 8.56 Å². The Hall–Kier alpha value is -0.543. The number of hydrogen-bond donors (Lipinski definition) is 0. The fraction of sp³-hybridized carbons (Fsp3) is 0.636. The molecule has 0 amide bonds. The Labute approximate surface area is 88.9 Å². The molecule has 0 radical (unpaired) electrons. The Morgan fingerprint density at radius 2 is 2.14 bits per heavy atom. The Kier molecular flexibility index (Phi) is 6.58. The Morgan fingerprint density at radius 3 is 2.57 bits per heavy atom. The van der Waals surface area contributed by atoms with Crippen LogP contribution in [0.2, 0.25) is 12.6 Å². The summed E-state index contributed by atoms with van der Waals surface area (Å²) in [6.45, 7) is 14.1. The van der Waals surface area contributed by atoms with Crippen molar-refractivity contribution in [3.8, 4) is 0 Å². The highest BCUT2D eigenvalue weighted by molar-refractivity contribution is 6.66. The first-order valence-electron chi connectivity index (χ1n) is 5.13. The lowest BCUT2D eigenvalue weighted by Crippen LogP contribution is -2.37. The fourth-order valence-corrected chi connectivity index (χ4v) is 3.89. The first kappa shape index (κ1) is 13.5. The lowest BCUT2D eigenvalue weighted by Gasteiger charge is -2.27. The molecule has 0 aliphatic heterocycles. The third kappa shape index (κ3) is 5.99. The average molecular weight is 214 g/mol. The molecule has 0 rings (SSSR count). The van der Waals surface area contributed by atoms with Crippen molar-refractivity contribution in [2.75, 3.05) is 6.61 Å². The van der Waals surface area contributed by atoms with Crippen LogP contribution in [0, 0.1) is 0 Å². The molecule has 1 atom stereocenters. The van der Waals surface area contributed by atoms with E-state index in [4.69, 9.17) is 8.85 Å². The van der Waals surface area contributed by atoms with E-state index in [0.29, 0.717) is 6.61 Å². The second-order valence-corrected chi connectivity index (χ2v) is 6.81. The monoisotopic (exact) mass is 214 g/mol. The summed E-state index contributed by atoms with van der Waals surface area (Å²) in [6, 6.07) is 1.000. The molecule has 0 saturated heterocycles. The quantitative estimate of drug-likeness (QED) is 0.266. The van der Waals surface area contributed by atoms with Gasteiger partial charge in [-0.3, -0.25) is 0 Å². The molecular weight excluding hydrogens is 192 g/mol. The standard InChI is InChI=1S/C11H22O2Si/c1-6-8-9-10-14(5,12-7-2)13-11(3)4/h6H,1,3,7-10H2,2,4-5H3. The topological polar surface area (TPSA) is 18.5 Å². The molecule has 0 aromatic carbocycles. The summed E-state index contributed by atoms with van der Waals surface area (Å²) >= 11 is 0. The molecule has 2 nitrogen and oxygen atoms in total. The predicted octanol–water partition coefficient (Wildman–Crippen LogP) is 3.61. The van der Waals surface area contributed by atoms with Gasteiger partial charge in [0.05, 0.1) is 5.76 Å². The number of rotatable bonds is 8. The first-order valence-corrected chi connectivity index (χ1v) is 7.66. The van der Waals surface area contributed by atoms with Gasteiger partial charge in [0.15, 0.2) is 0 Å². The summed E-state index contributed by atoms with van der Waals surface area (Å²) in [5.41, 5.74) is 0. The van der Waals surface area contributed by atoms with E-state index in [-0.39, 0.29) is 0 Å². The summed E-state index contributed by atoms with van der Waals surface area (Å²) in [4.78, 5) is 0. The third-order valence-corrected chi connectivity index (χ3v) is 4.82. The van der Waals surface area contributed by atoms with E-state index in [0.717, 1.165) is 24.6 Å². The van der Waals surface area contributed by atoms with Crippen molar-refractivity contribution in [2.45, 2.75) is 39.3 Å². The summed E-state index contributed by atoms with van der Waals surface area (Å²) in [7, 11) is -2.00. The molecule has 0 heterocycles. The van der Waals surface area contributed by atoms with E-state index in [9.17, 15) is 0 Å². The zero-order valence-electron chi connectivity index (χ0n) is 9.64. The van der Waals surface area contributed by atoms with Gasteiger partial charge in [-0.15, -0.1) is 6.58 Å². The highest BCUT2D eigenvalue weighted by atomic mass is 28.4. The van der Waals surface area contributed by atoms with Crippen molar-refractivity contribution in [2.24, 2.45) is 0 Å². The third-order valence-electron chi connectivity index (χ3n) is 1.88. The van der Waals surface area contributed by atoms with Crippen molar-refractivity contribution < 1.29 is 8.85 Å². The lowest BCUT2D eigenvalue weighted by molar-refractivity contribution is 0.222. The Bertz CT molecular complexity index is 192. The maximum absolute atomic E-state index is 5.71. The second-order valence-electron chi connectivity index (χ2n) is 3.55. The van der Waals surface area contributed by atoms with E-state index in [2.05, 4.69) is 19.7 Å². The summed E-state index contributed by atoms with van der Waals surface area (Å²) < 4.78 is 11.4. The molecule has 3 heteroatoms. The maximum atomic E-state index is 5.71. The highest BCUT2D eigenvalue weighted by Gasteiger charge is 2.32. The van der Waals surface area contributed by atoms with Crippen LogP contribution >= 0.6 is 0 Å². The van der Waals surface area contributed by atoms with E-state index < -0.39 is 8.56 Å². The molecule has 82 valence electrons. The van der Waals surface area contributed by atoms with Crippen LogP contribution in [0.25, 0.3) is 0 Å². The fourth-order valence-electron chi connectivity index (χ4n) is 1.39. The first-order chi connectivity index (χ1) is 6.54. The number of unbranched alkanes of at least 4 members (excludes halogenated alkanes) is 1. The van der Waals surface area contributed by atoms with Crippen LogP contribution in [0.3, 0.4) is 0 Å². The molecular formula is C11H22O2Si. The average Bonchev–Trinajstić information content (AvgIpc) is 2.03. The van der Waals surface area contributed by atoms with E-state index in [1.807, 2.05) is 19.9 Å². The van der Waals surface area contributed by atoms with Crippen molar-refractivity contribution >= 4 is 8.56 Å². The van der Waals surface area contributed by atoms with Gasteiger partial charge in [-0.25, -0.2) is 0 Å². The molecule has 0 bridgehead atoms. The summed E-state index contributed by atoms with van der Waals surface area (Å²) in [5, 5.41) is 0. The molecule has 0 aliphatic rings. The van der Waals surface area contributed by atoms with E-state index in [1.165, 1.54) is 0 Å². The van der Waals surface area contributed by atoms with Crippen LogP contribution in [0.15, 0.2) is 25.0 Å². The largest absolute Gasteiger partial charge is 0.525 e. The van der Waals surface area contributed by atoms with E-state index >= 15 is 0 Å². The zero-order chi connectivity index (χ0) is 11.0. The van der Waals surface area contributed by atoms with Crippen molar-refractivity contribution in [3.63, 3.8) is 0 Å². The predicted molar refractivity (Wildman–Crippen MR) is 63.4 cm³/mol. The van der Waals surface area contributed by atoms with Crippen molar-refractivity contribution in [3.05, 3.63) is 25.0 Å². The van der Waals surface area contributed by atoms with Crippen LogP contribution in [-0.2, 0) is 8.85 Å². The number of hydrogen-bond acceptors (Lipinski definition) is 2. The molecule has 0 fully saturated rings. The molecule has 0 aliphatic carbocycles. The van der Waals surface area contributed by atoms with Gasteiger partial charge in [-0.1, -0.05) is 12.7 Å². The molecule has 0 saturated carbocycles.